The molecule has 0 amide bonds. The molecule has 0 saturated carbocycles. The first-order valence-electron chi connectivity index (χ1n) is 6.98. The first kappa shape index (κ1) is 18.6. The van der Waals surface area contributed by atoms with Crippen molar-refractivity contribution in [3.8, 4) is 0 Å². The number of nitrogen functional groups attached to an aromatic ring is 1. The van der Waals surface area contributed by atoms with E-state index in [0.29, 0.717) is 6.54 Å². The molecule has 0 aromatic heterocycles. The summed E-state index contributed by atoms with van der Waals surface area (Å²) < 4.78 is 27.0. The maximum Gasteiger partial charge on any atom is 0.244 e. The zero-order chi connectivity index (χ0) is 16.2. The predicted octanol–water partition coefficient (Wildman–Crippen LogP) is 4.16. The molecule has 0 heterocycles. The first-order chi connectivity index (χ1) is 9.73. The molecule has 1 aromatic carbocycles. The third-order valence-corrected chi connectivity index (χ3v) is 6.20. The Balaban J connectivity index is 3.20. The number of nitrogens with zero attached hydrogens (tertiary/aromatic N) is 1. The van der Waals surface area contributed by atoms with Gasteiger partial charge in [-0.1, -0.05) is 43.0 Å². The van der Waals surface area contributed by atoms with Gasteiger partial charge in [0.1, 0.15) is 4.90 Å². The summed E-state index contributed by atoms with van der Waals surface area (Å²) >= 11 is 11.9. The monoisotopic (exact) mass is 352 g/mol. The van der Waals surface area contributed by atoms with Crippen LogP contribution in [0.2, 0.25) is 10.0 Å². The second-order valence-electron chi connectivity index (χ2n) is 5.19. The van der Waals surface area contributed by atoms with Gasteiger partial charge in [0.2, 0.25) is 10.0 Å². The Morgan fingerprint density at radius 1 is 1.24 bits per heavy atom. The van der Waals surface area contributed by atoms with Crippen molar-refractivity contribution in [2.75, 3.05) is 12.3 Å². The summed E-state index contributed by atoms with van der Waals surface area (Å²) in [6.45, 7) is 6.23. The van der Waals surface area contributed by atoms with Crippen molar-refractivity contribution in [3.05, 3.63) is 22.2 Å². The Bertz CT molecular complexity index is 589. The zero-order valence-corrected chi connectivity index (χ0v) is 14.9. The van der Waals surface area contributed by atoms with E-state index in [1.54, 1.807) is 0 Å². The molecule has 0 aliphatic rings. The predicted molar refractivity (Wildman–Crippen MR) is 89.4 cm³/mol. The molecule has 2 N–H and O–H groups in total. The van der Waals surface area contributed by atoms with Crippen LogP contribution in [0.1, 0.15) is 40.0 Å². The minimum absolute atomic E-state index is 0.0104. The van der Waals surface area contributed by atoms with Gasteiger partial charge in [0.15, 0.2) is 0 Å². The maximum atomic E-state index is 12.8. The van der Waals surface area contributed by atoms with E-state index in [1.165, 1.54) is 16.4 Å². The van der Waals surface area contributed by atoms with E-state index in [0.717, 1.165) is 19.3 Å². The number of hydrogen-bond donors (Lipinski definition) is 1. The van der Waals surface area contributed by atoms with Crippen molar-refractivity contribution < 1.29 is 8.42 Å². The molecule has 0 spiro atoms. The maximum absolute atomic E-state index is 12.8. The van der Waals surface area contributed by atoms with Crippen LogP contribution >= 0.6 is 23.2 Å². The zero-order valence-electron chi connectivity index (χ0n) is 12.6. The van der Waals surface area contributed by atoms with Gasteiger partial charge in [-0.15, -0.1) is 0 Å². The summed E-state index contributed by atoms with van der Waals surface area (Å²) in [5, 5.41) is 0.240. The molecular weight excluding hydrogens is 331 g/mol. The molecule has 0 saturated heterocycles. The van der Waals surface area contributed by atoms with E-state index in [-0.39, 0.29) is 26.7 Å². The Hall–Kier alpha value is -0.490. The molecule has 0 unspecified atom stereocenters. The van der Waals surface area contributed by atoms with Crippen LogP contribution in [0.5, 0.6) is 0 Å². The molecular formula is C14H22Cl2N2O2S. The lowest BCUT2D eigenvalue weighted by atomic mass is 10.2. The summed E-state index contributed by atoms with van der Waals surface area (Å²) in [4.78, 5) is 0.0104. The van der Waals surface area contributed by atoms with Crippen LogP contribution in [0.3, 0.4) is 0 Å². The molecule has 1 rings (SSSR count). The second-order valence-corrected chi connectivity index (χ2v) is 7.83. The van der Waals surface area contributed by atoms with E-state index in [9.17, 15) is 8.42 Å². The Labute approximate surface area is 137 Å². The molecule has 0 bridgehead atoms. The van der Waals surface area contributed by atoms with Crippen LogP contribution in [-0.4, -0.2) is 25.3 Å². The molecule has 1 aromatic rings. The fourth-order valence-corrected chi connectivity index (χ4v) is 4.47. The summed E-state index contributed by atoms with van der Waals surface area (Å²) in [6, 6.07) is 2.71. The van der Waals surface area contributed by atoms with Gasteiger partial charge < -0.3 is 5.73 Å². The highest BCUT2D eigenvalue weighted by molar-refractivity contribution is 7.89. The topological polar surface area (TPSA) is 63.4 Å². The fraction of sp³-hybridized carbons (Fsp3) is 0.571. The molecule has 0 fully saturated rings. The average molecular weight is 353 g/mol. The first-order valence-corrected chi connectivity index (χ1v) is 9.18. The minimum Gasteiger partial charge on any atom is -0.396 e. The highest BCUT2D eigenvalue weighted by Crippen LogP contribution is 2.35. The molecule has 0 aliphatic carbocycles. The number of benzene rings is 1. The lowest BCUT2D eigenvalue weighted by Crippen LogP contribution is -2.37. The van der Waals surface area contributed by atoms with Gasteiger partial charge in [0.05, 0.1) is 15.7 Å². The van der Waals surface area contributed by atoms with Gasteiger partial charge in [-0.3, -0.25) is 0 Å². The fourth-order valence-electron chi connectivity index (χ4n) is 2.05. The SMILES string of the molecule is CCCCCN(C(C)C)S(=O)(=O)c1ccc(Cl)c(N)c1Cl. The number of rotatable bonds is 7. The normalized spacial score (nSPS) is 12.3. The van der Waals surface area contributed by atoms with Crippen LogP contribution < -0.4 is 5.73 Å². The van der Waals surface area contributed by atoms with Crippen LogP contribution in [0.25, 0.3) is 0 Å². The van der Waals surface area contributed by atoms with Crippen molar-refractivity contribution in [2.45, 2.75) is 51.0 Å². The second kappa shape index (κ2) is 7.68. The highest BCUT2D eigenvalue weighted by atomic mass is 35.5. The quantitative estimate of drug-likeness (QED) is 0.591. The van der Waals surface area contributed by atoms with Crippen molar-refractivity contribution in [2.24, 2.45) is 0 Å². The largest absolute Gasteiger partial charge is 0.396 e. The Morgan fingerprint density at radius 2 is 1.86 bits per heavy atom. The van der Waals surface area contributed by atoms with Gasteiger partial charge in [-0.05, 0) is 32.4 Å². The van der Waals surface area contributed by atoms with Gasteiger partial charge in [0.25, 0.3) is 0 Å². The van der Waals surface area contributed by atoms with E-state index in [1.807, 2.05) is 13.8 Å². The molecule has 0 atom stereocenters. The average Bonchev–Trinajstić information content (AvgIpc) is 2.40. The van der Waals surface area contributed by atoms with E-state index in [4.69, 9.17) is 28.9 Å². The van der Waals surface area contributed by atoms with Gasteiger partial charge in [-0.2, -0.15) is 4.31 Å². The minimum atomic E-state index is -3.69. The van der Waals surface area contributed by atoms with Gasteiger partial charge in [0, 0.05) is 12.6 Å². The van der Waals surface area contributed by atoms with Crippen molar-refractivity contribution in [3.63, 3.8) is 0 Å². The van der Waals surface area contributed by atoms with E-state index >= 15 is 0 Å². The summed E-state index contributed by atoms with van der Waals surface area (Å²) in [7, 11) is -3.69. The van der Waals surface area contributed by atoms with Crippen LogP contribution in [0.4, 0.5) is 5.69 Å². The Kier molecular flexibility index (Phi) is 6.78. The van der Waals surface area contributed by atoms with Crippen molar-refractivity contribution in [1.29, 1.82) is 0 Å². The van der Waals surface area contributed by atoms with Gasteiger partial charge >= 0.3 is 0 Å². The van der Waals surface area contributed by atoms with Crippen molar-refractivity contribution >= 4 is 38.9 Å². The number of nitrogens with two attached hydrogens (primary N) is 1. The van der Waals surface area contributed by atoms with E-state index < -0.39 is 10.0 Å². The van der Waals surface area contributed by atoms with Crippen LogP contribution in [-0.2, 0) is 10.0 Å². The standard InChI is InChI=1S/C14H22Cl2N2O2S/c1-4-5-6-9-18(10(2)3)21(19,20)12-8-7-11(15)14(17)13(12)16/h7-8,10H,4-6,9,17H2,1-3H3. The highest BCUT2D eigenvalue weighted by Gasteiger charge is 2.29. The third-order valence-electron chi connectivity index (χ3n) is 3.24. The lowest BCUT2D eigenvalue weighted by molar-refractivity contribution is 0.345. The molecule has 21 heavy (non-hydrogen) atoms. The molecule has 120 valence electrons. The van der Waals surface area contributed by atoms with Crippen LogP contribution in [0.15, 0.2) is 17.0 Å². The number of unbranched alkanes of at least 4 members (excludes halogenated alkanes) is 2. The Morgan fingerprint density at radius 3 is 2.38 bits per heavy atom. The number of sulfonamides is 1. The van der Waals surface area contributed by atoms with Crippen LogP contribution in [0, 0.1) is 0 Å². The molecule has 0 radical (unpaired) electrons. The summed E-state index contributed by atoms with van der Waals surface area (Å²) in [5.41, 5.74) is 5.82. The number of hydrogen-bond acceptors (Lipinski definition) is 3. The van der Waals surface area contributed by atoms with E-state index in [2.05, 4.69) is 6.92 Å². The number of anilines is 1. The summed E-state index contributed by atoms with van der Waals surface area (Å²) in [6.07, 6.45) is 2.82. The van der Waals surface area contributed by atoms with Gasteiger partial charge in [-0.25, -0.2) is 8.42 Å². The van der Waals surface area contributed by atoms with Crippen molar-refractivity contribution in [1.82, 2.24) is 4.31 Å². The smallest absolute Gasteiger partial charge is 0.244 e. The third kappa shape index (κ3) is 4.25. The molecule has 7 heteroatoms. The summed E-state index contributed by atoms with van der Waals surface area (Å²) in [5.74, 6) is 0. The lowest BCUT2D eigenvalue weighted by Gasteiger charge is -2.26. The molecule has 4 nitrogen and oxygen atoms in total. The molecule has 0 aliphatic heterocycles. The number of halogens is 2.